The molecule has 7 heteroatoms. The second-order valence-corrected chi connectivity index (χ2v) is 8.96. The number of benzene rings is 2. The van der Waals surface area contributed by atoms with Gasteiger partial charge in [-0.15, -0.1) is 0 Å². The van der Waals surface area contributed by atoms with Crippen molar-refractivity contribution in [3.63, 3.8) is 0 Å². The number of β-amino-alcohol motifs (C(OH)–C–C–N with tert-alkyl or cyclic N) is 1. The molecule has 5 rings (SSSR count). The van der Waals surface area contributed by atoms with Crippen LogP contribution in [0.2, 0.25) is 0 Å². The monoisotopic (exact) mass is 460 g/mol. The van der Waals surface area contributed by atoms with Gasteiger partial charge in [-0.25, -0.2) is 9.37 Å². The third kappa shape index (κ3) is 4.87. The van der Waals surface area contributed by atoms with E-state index in [1.807, 2.05) is 6.07 Å². The highest BCUT2D eigenvalue weighted by molar-refractivity contribution is 5.83. The fourth-order valence-corrected chi connectivity index (χ4v) is 4.77. The molecule has 0 saturated carbocycles. The van der Waals surface area contributed by atoms with Gasteiger partial charge in [-0.3, -0.25) is 4.98 Å². The Morgan fingerprint density at radius 2 is 1.97 bits per heavy atom. The lowest BCUT2D eigenvalue weighted by atomic mass is 10.1. The van der Waals surface area contributed by atoms with Gasteiger partial charge < -0.3 is 20.1 Å². The summed E-state index contributed by atoms with van der Waals surface area (Å²) in [7, 11) is 1.54. The van der Waals surface area contributed by atoms with Crippen LogP contribution in [0, 0.1) is 11.7 Å². The van der Waals surface area contributed by atoms with Crippen LogP contribution in [0.25, 0.3) is 21.8 Å². The first-order valence-electron chi connectivity index (χ1n) is 11.7. The minimum atomic E-state index is -0.402. The number of aromatic nitrogens is 2. The van der Waals surface area contributed by atoms with Crippen LogP contribution in [0.1, 0.15) is 11.1 Å². The number of pyridine rings is 2. The molecule has 0 amide bonds. The van der Waals surface area contributed by atoms with Gasteiger partial charge in [-0.2, -0.15) is 0 Å². The van der Waals surface area contributed by atoms with E-state index in [4.69, 9.17) is 4.74 Å². The summed E-state index contributed by atoms with van der Waals surface area (Å²) in [6.45, 7) is 3.50. The smallest absolute Gasteiger partial charge is 0.213 e. The summed E-state index contributed by atoms with van der Waals surface area (Å²) >= 11 is 0. The van der Waals surface area contributed by atoms with Gasteiger partial charge in [0.1, 0.15) is 5.82 Å². The summed E-state index contributed by atoms with van der Waals surface area (Å²) in [5.41, 5.74) is 2.95. The molecule has 3 heterocycles. The van der Waals surface area contributed by atoms with Crippen LogP contribution in [-0.4, -0.2) is 59.4 Å². The molecule has 34 heavy (non-hydrogen) atoms. The van der Waals surface area contributed by atoms with Gasteiger partial charge in [0.2, 0.25) is 5.88 Å². The topological polar surface area (TPSA) is 70.5 Å². The van der Waals surface area contributed by atoms with Gasteiger partial charge in [0.25, 0.3) is 0 Å². The molecule has 176 valence electrons. The summed E-state index contributed by atoms with van der Waals surface area (Å²) in [6.07, 6.45) is 1.35. The molecule has 2 atom stereocenters. The van der Waals surface area contributed by atoms with Crippen molar-refractivity contribution in [3.05, 3.63) is 77.7 Å². The molecule has 0 spiro atoms. The van der Waals surface area contributed by atoms with Gasteiger partial charge in [0, 0.05) is 50.3 Å². The van der Waals surface area contributed by atoms with Crippen molar-refractivity contribution >= 4 is 21.8 Å². The predicted octanol–water partition coefficient (Wildman–Crippen LogP) is 3.56. The van der Waals surface area contributed by atoms with Crippen LogP contribution in [0.3, 0.4) is 0 Å². The summed E-state index contributed by atoms with van der Waals surface area (Å²) in [6, 6.07) is 18.3. The van der Waals surface area contributed by atoms with Crippen molar-refractivity contribution in [2.24, 2.45) is 5.92 Å². The molecule has 6 nitrogen and oxygen atoms in total. The third-order valence-electron chi connectivity index (χ3n) is 6.66. The number of methoxy groups -OCH3 is 1. The van der Waals surface area contributed by atoms with E-state index in [1.165, 1.54) is 22.5 Å². The van der Waals surface area contributed by atoms with Crippen molar-refractivity contribution < 1.29 is 14.2 Å². The Morgan fingerprint density at radius 1 is 1.12 bits per heavy atom. The molecular formula is C27H29FN4O2. The number of nitrogens with one attached hydrogen (secondary N) is 1. The number of likely N-dealkylation sites (tertiary alicyclic amines) is 1. The lowest BCUT2D eigenvalue weighted by molar-refractivity contribution is 0.140. The van der Waals surface area contributed by atoms with Gasteiger partial charge in [0.15, 0.2) is 0 Å². The molecule has 2 unspecified atom stereocenters. The van der Waals surface area contributed by atoms with E-state index >= 15 is 0 Å². The molecule has 1 aliphatic heterocycles. The fourth-order valence-electron chi connectivity index (χ4n) is 4.77. The zero-order valence-corrected chi connectivity index (χ0v) is 19.2. The van der Waals surface area contributed by atoms with Gasteiger partial charge in [-0.05, 0) is 34.9 Å². The van der Waals surface area contributed by atoms with Crippen molar-refractivity contribution in [1.29, 1.82) is 0 Å². The summed E-state index contributed by atoms with van der Waals surface area (Å²) in [5.74, 6) is 0.217. The van der Waals surface area contributed by atoms with Crippen molar-refractivity contribution in [1.82, 2.24) is 20.2 Å². The molecule has 4 aromatic rings. The van der Waals surface area contributed by atoms with Crippen LogP contribution in [0.5, 0.6) is 5.88 Å². The zero-order valence-electron chi connectivity index (χ0n) is 19.2. The first kappa shape index (κ1) is 22.7. The quantitative estimate of drug-likeness (QED) is 0.419. The molecule has 0 radical (unpaired) electrons. The molecule has 2 aromatic carbocycles. The van der Waals surface area contributed by atoms with E-state index in [9.17, 15) is 9.50 Å². The second-order valence-electron chi connectivity index (χ2n) is 8.96. The van der Waals surface area contributed by atoms with Gasteiger partial charge >= 0.3 is 0 Å². The number of rotatable bonds is 8. The Morgan fingerprint density at radius 3 is 2.82 bits per heavy atom. The Kier molecular flexibility index (Phi) is 6.67. The Labute approximate surface area is 198 Å². The lowest BCUT2D eigenvalue weighted by Gasteiger charge is -2.17. The number of nitrogens with zero attached hydrogens (tertiary/aromatic N) is 3. The zero-order chi connectivity index (χ0) is 23.5. The highest BCUT2D eigenvalue weighted by Crippen LogP contribution is 2.23. The van der Waals surface area contributed by atoms with Crippen LogP contribution < -0.4 is 10.1 Å². The van der Waals surface area contributed by atoms with Crippen LogP contribution in [-0.2, 0) is 13.0 Å². The Bertz CT molecular complexity index is 1300. The highest BCUT2D eigenvalue weighted by Gasteiger charge is 2.30. The van der Waals surface area contributed by atoms with Crippen molar-refractivity contribution in [3.8, 4) is 5.88 Å². The number of hydrogen-bond acceptors (Lipinski definition) is 6. The minimum absolute atomic E-state index is 0.137. The maximum Gasteiger partial charge on any atom is 0.213 e. The number of ether oxygens (including phenoxy) is 1. The van der Waals surface area contributed by atoms with Crippen LogP contribution in [0.15, 0.2) is 60.8 Å². The first-order chi connectivity index (χ1) is 16.6. The summed E-state index contributed by atoms with van der Waals surface area (Å²) in [4.78, 5) is 10.7. The van der Waals surface area contributed by atoms with Gasteiger partial charge in [-0.1, -0.05) is 36.4 Å². The number of aliphatic hydroxyl groups is 1. The predicted molar refractivity (Wildman–Crippen MR) is 131 cm³/mol. The molecule has 2 N–H and O–H groups in total. The SMILES string of the molecule is COc1ccc2ncc(F)c(CCN3CC(O)C(CNCc4ccc5ccccc5c4)C3)c2n1. The number of halogens is 1. The van der Waals surface area contributed by atoms with Gasteiger partial charge in [0.05, 0.1) is 30.4 Å². The van der Waals surface area contributed by atoms with E-state index in [0.29, 0.717) is 42.0 Å². The van der Waals surface area contributed by atoms with E-state index in [0.717, 1.165) is 19.6 Å². The maximum atomic E-state index is 14.6. The molecule has 0 aliphatic carbocycles. The van der Waals surface area contributed by atoms with E-state index in [2.05, 4.69) is 56.6 Å². The van der Waals surface area contributed by atoms with E-state index in [1.54, 1.807) is 19.2 Å². The Hall–Kier alpha value is -3.13. The maximum absolute atomic E-state index is 14.6. The second kappa shape index (κ2) is 10.0. The molecule has 2 aromatic heterocycles. The largest absolute Gasteiger partial charge is 0.481 e. The standard InChI is InChI=1S/C27H29FN4O2/c1-34-26-9-8-24-27(31-26)22(23(28)15-30-24)10-11-32-16-21(25(33)17-32)14-29-13-18-6-7-19-4-2-3-5-20(19)12-18/h2-9,12,15,21,25,29,33H,10-11,13-14,16-17H2,1H3. The average Bonchev–Trinajstić information content (AvgIpc) is 3.22. The number of aliphatic hydroxyl groups excluding tert-OH is 1. The van der Waals surface area contributed by atoms with E-state index in [-0.39, 0.29) is 11.7 Å². The summed E-state index contributed by atoms with van der Waals surface area (Å²) < 4.78 is 19.8. The number of hydrogen-bond donors (Lipinski definition) is 2. The average molecular weight is 461 g/mol. The van der Waals surface area contributed by atoms with Crippen molar-refractivity contribution in [2.75, 3.05) is 33.3 Å². The fraction of sp³-hybridized carbons (Fsp3) is 0.333. The molecule has 1 aliphatic rings. The normalized spacial score (nSPS) is 18.7. The lowest BCUT2D eigenvalue weighted by Crippen LogP contribution is -2.30. The van der Waals surface area contributed by atoms with Crippen LogP contribution >= 0.6 is 0 Å². The first-order valence-corrected chi connectivity index (χ1v) is 11.7. The van der Waals surface area contributed by atoms with Crippen LogP contribution in [0.4, 0.5) is 4.39 Å². The molecule has 0 bridgehead atoms. The number of fused-ring (bicyclic) bond motifs is 2. The molecule has 1 saturated heterocycles. The molecular weight excluding hydrogens is 431 g/mol. The Balaban J connectivity index is 1.17. The third-order valence-corrected chi connectivity index (χ3v) is 6.66. The minimum Gasteiger partial charge on any atom is -0.481 e. The molecule has 1 fully saturated rings. The van der Waals surface area contributed by atoms with Crippen molar-refractivity contribution in [2.45, 2.75) is 19.1 Å². The highest BCUT2D eigenvalue weighted by atomic mass is 19.1. The van der Waals surface area contributed by atoms with E-state index < -0.39 is 6.10 Å². The summed E-state index contributed by atoms with van der Waals surface area (Å²) in [5, 5.41) is 16.6.